The Morgan fingerprint density at radius 3 is 2.58 bits per heavy atom. The zero-order chi connectivity index (χ0) is 13.7. The number of ether oxygens (including phenoxy) is 1. The first-order valence-corrected chi connectivity index (χ1v) is 7.02. The van der Waals surface area contributed by atoms with E-state index in [0.717, 1.165) is 33.6 Å². The SMILES string of the molecule is Cc1ccc(OCc2ccc(Br)cc2)c(CCN)n1. The molecule has 2 N–H and O–H groups in total. The molecule has 0 amide bonds. The molecule has 0 atom stereocenters. The minimum atomic E-state index is 0.537. The van der Waals surface area contributed by atoms with Crippen LogP contribution in [-0.4, -0.2) is 11.5 Å². The van der Waals surface area contributed by atoms with Gasteiger partial charge in [0.1, 0.15) is 12.4 Å². The van der Waals surface area contributed by atoms with Gasteiger partial charge in [-0.05, 0) is 43.3 Å². The number of rotatable bonds is 5. The van der Waals surface area contributed by atoms with Gasteiger partial charge in [0.2, 0.25) is 0 Å². The monoisotopic (exact) mass is 320 g/mol. The maximum Gasteiger partial charge on any atom is 0.141 e. The molecule has 1 aromatic carbocycles. The van der Waals surface area contributed by atoms with Crippen molar-refractivity contribution < 1.29 is 4.74 Å². The van der Waals surface area contributed by atoms with Crippen LogP contribution in [0.1, 0.15) is 17.0 Å². The molecular weight excluding hydrogens is 304 g/mol. The normalized spacial score (nSPS) is 10.5. The first-order chi connectivity index (χ1) is 9.19. The van der Waals surface area contributed by atoms with Gasteiger partial charge in [0.15, 0.2) is 0 Å². The van der Waals surface area contributed by atoms with Gasteiger partial charge >= 0.3 is 0 Å². The van der Waals surface area contributed by atoms with Crippen LogP contribution in [0, 0.1) is 6.92 Å². The summed E-state index contributed by atoms with van der Waals surface area (Å²) in [6, 6.07) is 12.0. The van der Waals surface area contributed by atoms with E-state index in [0.29, 0.717) is 13.2 Å². The van der Waals surface area contributed by atoms with Crippen molar-refractivity contribution in [3.8, 4) is 5.75 Å². The van der Waals surface area contributed by atoms with Crippen molar-refractivity contribution in [3.05, 3.63) is 57.8 Å². The molecule has 2 aromatic rings. The first-order valence-electron chi connectivity index (χ1n) is 6.23. The Morgan fingerprint density at radius 1 is 1.16 bits per heavy atom. The van der Waals surface area contributed by atoms with Gasteiger partial charge in [-0.3, -0.25) is 4.98 Å². The molecular formula is C15H17BrN2O. The number of hydrogen-bond acceptors (Lipinski definition) is 3. The average Bonchev–Trinajstić information content (AvgIpc) is 2.40. The van der Waals surface area contributed by atoms with Crippen molar-refractivity contribution in [1.29, 1.82) is 0 Å². The predicted octanol–water partition coefficient (Wildman–Crippen LogP) is 3.23. The van der Waals surface area contributed by atoms with E-state index in [1.165, 1.54) is 0 Å². The van der Waals surface area contributed by atoms with Crippen LogP contribution < -0.4 is 10.5 Å². The summed E-state index contributed by atoms with van der Waals surface area (Å²) in [5.74, 6) is 0.818. The number of aryl methyl sites for hydroxylation is 1. The van der Waals surface area contributed by atoms with E-state index < -0.39 is 0 Å². The molecule has 0 spiro atoms. The Balaban J connectivity index is 2.08. The highest BCUT2D eigenvalue weighted by atomic mass is 79.9. The lowest BCUT2D eigenvalue weighted by Crippen LogP contribution is -2.08. The molecule has 4 heteroatoms. The number of benzene rings is 1. The Morgan fingerprint density at radius 2 is 1.89 bits per heavy atom. The lowest BCUT2D eigenvalue weighted by molar-refractivity contribution is 0.301. The third-order valence-electron chi connectivity index (χ3n) is 2.76. The Kier molecular flexibility index (Phi) is 4.93. The van der Waals surface area contributed by atoms with Crippen LogP contribution in [0.25, 0.3) is 0 Å². The second kappa shape index (κ2) is 6.68. The van der Waals surface area contributed by atoms with E-state index in [1.807, 2.05) is 43.3 Å². The van der Waals surface area contributed by atoms with Crippen LogP contribution in [0.4, 0.5) is 0 Å². The molecule has 0 aliphatic heterocycles. The Labute approximate surface area is 121 Å². The number of nitrogens with two attached hydrogens (primary N) is 1. The molecule has 0 unspecified atom stereocenters. The molecule has 0 fully saturated rings. The fraction of sp³-hybridized carbons (Fsp3) is 0.267. The zero-order valence-electron chi connectivity index (χ0n) is 10.9. The van der Waals surface area contributed by atoms with Crippen LogP contribution in [0.2, 0.25) is 0 Å². The standard InChI is InChI=1S/C15H17BrN2O/c1-11-2-7-15(14(18-11)8-9-17)19-10-12-3-5-13(16)6-4-12/h2-7H,8-10,17H2,1H3. The molecule has 0 aliphatic rings. The number of aromatic nitrogens is 1. The summed E-state index contributed by atoms with van der Waals surface area (Å²) in [7, 11) is 0. The quantitative estimate of drug-likeness (QED) is 0.920. The summed E-state index contributed by atoms with van der Waals surface area (Å²) in [5.41, 5.74) is 8.65. The highest BCUT2D eigenvalue weighted by Crippen LogP contribution is 2.19. The van der Waals surface area contributed by atoms with Gasteiger partial charge in [0.25, 0.3) is 0 Å². The van der Waals surface area contributed by atoms with Crippen LogP contribution in [0.5, 0.6) is 5.75 Å². The molecule has 0 aliphatic carbocycles. The number of pyridine rings is 1. The van der Waals surface area contributed by atoms with E-state index in [9.17, 15) is 0 Å². The second-order valence-electron chi connectivity index (χ2n) is 4.35. The van der Waals surface area contributed by atoms with Crippen LogP contribution in [0.15, 0.2) is 40.9 Å². The summed E-state index contributed by atoms with van der Waals surface area (Å²) in [6.45, 7) is 3.08. The van der Waals surface area contributed by atoms with E-state index in [1.54, 1.807) is 0 Å². The lowest BCUT2D eigenvalue weighted by atomic mass is 10.2. The maximum absolute atomic E-state index is 5.84. The molecule has 1 aromatic heterocycles. The molecule has 0 bridgehead atoms. The first kappa shape index (κ1) is 14.0. The van der Waals surface area contributed by atoms with E-state index in [4.69, 9.17) is 10.5 Å². The van der Waals surface area contributed by atoms with Gasteiger partial charge in [-0.2, -0.15) is 0 Å². The summed E-state index contributed by atoms with van der Waals surface area (Å²) in [6.07, 6.45) is 0.733. The molecule has 0 radical (unpaired) electrons. The molecule has 1 heterocycles. The molecule has 100 valence electrons. The van der Waals surface area contributed by atoms with Gasteiger partial charge in [0.05, 0.1) is 5.69 Å². The third kappa shape index (κ3) is 4.04. The third-order valence-corrected chi connectivity index (χ3v) is 3.29. The zero-order valence-corrected chi connectivity index (χ0v) is 12.5. The van der Waals surface area contributed by atoms with E-state index in [-0.39, 0.29) is 0 Å². The average molecular weight is 321 g/mol. The Bertz CT molecular complexity index is 540. The molecule has 0 saturated heterocycles. The highest BCUT2D eigenvalue weighted by molar-refractivity contribution is 9.10. The number of halogens is 1. The van der Waals surface area contributed by atoms with E-state index in [2.05, 4.69) is 20.9 Å². The van der Waals surface area contributed by atoms with Gasteiger partial charge in [-0.15, -0.1) is 0 Å². The lowest BCUT2D eigenvalue weighted by Gasteiger charge is -2.11. The number of hydrogen-bond donors (Lipinski definition) is 1. The summed E-state index contributed by atoms with van der Waals surface area (Å²) < 4.78 is 6.90. The molecule has 3 nitrogen and oxygen atoms in total. The van der Waals surface area contributed by atoms with Crippen molar-refractivity contribution in [2.24, 2.45) is 5.73 Å². The maximum atomic E-state index is 5.84. The molecule has 19 heavy (non-hydrogen) atoms. The topological polar surface area (TPSA) is 48.1 Å². The second-order valence-corrected chi connectivity index (χ2v) is 5.27. The van der Waals surface area contributed by atoms with E-state index >= 15 is 0 Å². The largest absolute Gasteiger partial charge is 0.487 e. The van der Waals surface area contributed by atoms with Gasteiger partial charge < -0.3 is 10.5 Å². The van der Waals surface area contributed by atoms with Crippen LogP contribution >= 0.6 is 15.9 Å². The summed E-state index contributed by atoms with van der Waals surface area (Å²) >= 11 is 3.42. The smallest absolute Gasteiger partial charge is 0.141 e. The Hall–Kier alpha value is -1.39. The van der Waals surface area contributed by atoms with Crippen molar-refractivity contribution in [3.63, 3.8) is 0 Å². The highest BCUT2D eigenvalue weighted by Gasteiger charge is 2.05. The minimum absolute atomic E-state index is 0.537. The van der Waals surface area contributed by atoms with Crippen molar-refractivity contribution >= 4 is 15.9 Å². The summed E-state index contributed by atoms with van der Waals surface area (Å²) in [4.78, 5) is 4.48. The molecule has 0 saturated carbocycles. The van der Waals surface area contributed by atoms with Crippen LogP contribution in [0.3, 0.4) is 0 Å². The van der Waals surface area contributed by atoms with Crippen molar-refractivity contribution in [2.45, 2.75) is 20.0 Å². The fourth-order valence-corrected chi connectivity index (χ4v) is 2.05. The van der Waals surface area contributed by atoms with Crippen LogP contribution in [-0.2, 0) is 13.0 Å². The van der Waals surface area contributed by atoms with Gasteiger partial charge in [-0.1, -0.05) is 28.1 Å². The van der Waals surface area contributed by atoms with Crippen molar-refractivity contribution in [2.75, 3.05) is 6.54 Å². The van der Waals surface area contributed by atoms with Crippen molar-refractivity contribution in [1.82, 2.24) is 4.98 Å². The van der Waals surface area contributed by atoms with Gasteiger partial charge in [-0.25, -0.2) is 0 Å². The number of nitrogens with zero attached hydrogens (tertiary/aromatic N) is 1. The fourth-order valence-electron chi connectivity index (χ4n) is 1.79. The molecule has 2 rings (SSSR count). The van der Waals surface area contributed by atoms with Gasteiger partial charge in [0, 0.05) is 16.6 Å². The predicted molar refractivity (Wildman–Crippen MR) is 80.2 cm³/mol. The minimum Gasteiger partial charge on any atom is -0.487 e. The summed E-state index contributed by atoms with van der Waals surface area (Å²) in [5, 5.41) is 0.